The van der Waals surface area contributed by atoms with Crippen molar-refractivity contribution in [2.45, 2.75) is 38.8 Å². The monoisotopic (exact) mass is 169 g/mol. The molecule has 1 heterocycles. The highest BCUT2D eigenvalue weighted by Gasteiger charge is 2.29. The van der Waals surface area contributed by atoms with Crippen LogP contribution in [-0.2, 0) is 0 Å². The summed E-state index contributed by atoms with van der Waals surface area (Å²) in [5.41, 5.74) is 0. The average Bonchev–Trinajstić information content (AvgIpc) is 2.46. The average molecular weight is 169 g/mol. The molecule has 0 spiro atoms. The lowest BCUT2D eigenvalue weighted by atomic mass is 10.2. The van der Waals surface area contributed by atoms with Crippen molar-refractivity contribution in [2.24, 2.45) is 0 Å². The van der Waals surface area contributed by atoms with Crippen molar-refractivity contribution in [3.8, 4) is 0 Å². The highest BCUT2D eigenvalue weighted by molar-refractivity contribution is 5.67. The van der Waals surface area contributed by atoms with Gasteiger partial charge in [0.05, 0.1) is 12.1 Å². The lowest BCUT2D eigenvalue weighted by molar-refractivity contribution is 0.125. The minimum atomic E-state index is -0.807. The molecule has 0 aliphatic carbocycles. The number of nitrogens with zero attached hydrogens (tertiary/aromatic N) is 1. The van der Waals surface area contributed by atoms with Crippen LogP contribution in [0.3, 0.4) is 0 Å². The minimum absolute atomic E-state index is 0.0902. The Balaban J connectivity index is 2.71. The molecule has 2 atom stereocenters. The van der Waals surface area contributed by atoms with Gasteiger partial charge in [-0.15, -0.1) is 0 Å². The van der Waals surface area contributed by atoms with Gasteiger partial charge < -0.3 is 5.11 Å². The summed E-state index contributed by atoms with van der Waals surface area (Å²) in [6, 6.07) is 0.180. The summed E-state index contributed by atoms with van der Waals surface area (Å²) in [7, 11) is 0. The van der Waals surface area contributed by atoms with E-state index in [-0.39, 0.29) is 12.1 Å². The van der Waals surface area contributed by atoms with Gasteiger partial charge in [0.1, 0.15) is 0 Å². The highest BCUT2D eigenvalue weighted by Crippen LogP contribution is 2.21. The largest absolute Gasteiger partial charge is 0.465 e. The minimum Gasteiger partial charge on any atom is -0.465 e. The van der Waals surface area contributed by atoms with E-state index in [4.69, 9.17) is 5.11 Å². The zero-order valence-electron chi connectivity index (χ0n) is 7.53. The van der Waals surface area contributed by atoms with Gasteiger partial charge in [-0.2, -0.15) is 0 Å². The summed E-state index contributed by atoms with van der Waals surface area (Å²) in [4.78, 5) is 12.4. The fourth-order valence-corrected chi connectivity index (χ4v) is 1.64. The molecular formula is C9H15NO2. The molecule has 1 amide bonds. The molecule has 0 fully saturated rings. The van der Waals surface area contributed by atoms with Crippen LogP contribution in [0.1, 0.15) is 26.7 Å². The van der Waals surface area contributed by atoms with E-state index in [0.29, 0.717) is 0 Å². The third-order valence-electron chi connectivity index (χ3n) is 2.33. The Bertz CT molecular complexity index is 187. The number of rotatable bonds is 2. The quantitative estimate of drug-likeness (QED) is 0.643. The molecule has 0 aromatic carbocycles. The van der Waals surface area contributed by atoms with Crippen molar-refractivity contribution >= 4 is 6.09 Å². The van der Waals surface area contributed by atoms with Crippen LogP contribution in [0, 0.1) is 0 Å². The Kier molecular flexibility index (Phi) is 2.74. The topological polar surface area (TPSA) is 40.5 Å². The number of carbonyl (C=O) groups is 1. The molecule has 0 aromatic rings. The SMILES string of the molecule is CC[C@H]1C=C[C@@H](CC)N1C(=O)O. The molecule has 1 aliphatic heterocycles. The maximum atomic E-state index is 10.8. The third-order valence-corrected chi connectivity index (χ3v) is 2.33. The fourth-order valence-electron chi connectivity index (χ4n) is 1.64. The van der Waals surface area contributed by atoms with E-state index in [9.17, 15) is 4.79 Å². The summed E-state index contributed by atoms with van der Waals surface area (Å²) in [5.74, 6) is 0. The Morgan fingerprint density at radius 3 is 2.00 bits per heavy atom. The molecule has 0 aromatic heterocycles. The Morgan fingerprint density at radius 1 is 1.33 bits per heavy atom. The van der Waals surface area contributed by atoms with E-state index in [1.807, 2.05) is 26.0 Å². The first-order valence-electron chi connectivity index (χ1n) is 4.40. The fraction of sp³-hybridized carbons (Fsp3) is 0.667. The predicted molar refractivity (Wildman–Crippen MR) is 47.2 cm³/mol. The lowest BCUT2D eigenvalue weighted by Gasteiger charge is -2.26. The van der Waals surface area contributed by atoms with Gasteiger partial charge in [-0.25, -0.2) is 4.79 Å². The molecule has 0 saturated heterocycles. The van der Waals surface area contributed by atoms with Gasteiger partial charge in [0.2, 0.25) is 0 Å². The smallest absolute Gasteiger partial charge is 0.408 e. The number of carboxylic acid groups (broad SMARTS) is 1. The molecule has 0 saturated carbocycles. The van der Waals surface area contributed by atoms with E-state index < -0.39 is 6.09 Å². The van der Waals surface area contributed by atoms with Gasteiger partial charge >= 0.3 is 6.09 Å². The lowest BCUT2D eigenvalue weighted by Crippen LogP contribution is -2.40. The summed E-state index contributed by atoms with van der Waals surface area (Å²) in [6.45, 7) is 4.01. The molecule has 1 aliphatic rings. The second kappa shape index (κ2) is 3.61. The molecular weight excluding hydrogens is 154 g/mol. The van der Waals surface area contributed by atoms with Crippen molar-refractivity contribution in [1.82, 2.24) is 4.90 Å². The van der Waals surface area contributed by atoms with E-state index in [1.165, 1.54) is 4.90 Å². The van der Waals surface area contributed by atoms with Gasteiger partial charge in [0.25, 0.3) is 0 Å². The van der Waals surface area contributed by atoms with E-state index in [0.717, 1.165) is 12.8 Å². The Morgan fingerprint density at radius 2 is 1.75 bits per heavy atom. The molecule has 3 heteroatoms. The van der Waals surface area contributed by atoms with Crippen molar-refractivity contribution in [1.29, 1.82) is 0 Å². The van der Waals surface area contributed by atoms with E-state index >= 15 is 0 Å². The first-order valence-corrected chi connectivity index (χ1v) is 4.40. The maximum absolute atomic E-state index is 10.8. The van der Waals surface area contributed by atoms with Crippen LogP contribution in [0.4, 0.5) is 4.79 Å². The van der Waals surface area contributed by atoms with Crippen LogP contribution in [0.5, 0.6) is 0 Å². The van der Waals surface area contributed by atoms with Crippen molar-refractivity contribution in [2.75, 3.05) is 0 Å². The normalized spacial score (nSPS) is 28.0. The molecule has 12 heavy (non-hydrogen) atoms. The summed E-state index contributed by atoms with van der Waals surface area (Å²) in [5, 5.41) is 8.90. The predicted octanol–water partition coefficient (Wildman–Crippen LogP) is 2.09. The standard InChI is InChI=1S/C9H15NO2/c1-3-7-5-6-8(4-2)10(7)9(11)12/h5-8H,3-4H2,1-2H3,(H,11,12)/t7-,8+. The number of amides is 1. The zero-order valence-corrected chi connectivity index (χ0v) is 7.53. The summed E-state index contributed by atoms with van der Waals surface area (Å²) < 4.78 is 0. The van der Waals surface area contributed by atoms with Crippen LogP contribution in [0.15, 0.2) is 12.2 Å². The third kappa shape index (κ3) is 1.44. The van der Waals surface area contributed by atoms with Crippen LogP contribution in [0.25, 0.3) is 0 Å². The summed E-state index contributed by atoms with van der Waals surface area (Å²) >= 11 is 0. The van der Waals surface area contributed by atoms with Crippen LogP contribution < -0.4 is 0 Å². The van der Waals surface area contributed by atoms with Gasteiger partial charge in [-0.1, -0.05) is 26.0 Å². The van der Waals surface area contributed by atoms with Gasteiger partial charge in [0, 0.05) is 0 Å². The first-order chi connectivity index (χ1) is 5.70. The van der Waals surface area contributed by atoms with Gasteiger partial charge in [-0.05, 0) is 12.8 Å². The van der Waals surface area contributed by atoms with Gasteiger partial charge in [-0.3, -0.25) is 4.90 Å². The molecule has 0 unspecified atom stereocenters. The first kappa shape index (κ1) is 9.10. The molecule has 0 radical (unpaired) electrons. The van der Waals surface area contributed by atoms with Crippen LogP contribution in [0.2, 0.25) is 0 Å². The second-order valence-corrected chi connectivity index (χ2v) is 3.03. The summed E-state index contributed by atoms with van der Waals surface area (Å²) in [6.07, 6.45) is 4.89. The van der Waals surface area contributed by atoms with Crippen LogP contribution >= 0.6 is 0 Å². The zero-order chi connectivity index (χ0) is 9.14. The molecule has 1 rings (SSSR count). The maximum Gasteiger partial charge on any atom is 0.408 e. The number of hydrogen-bond donors (Lipinski definition) is 1. The van der Waals surface area contributed by atoms with Crippen molar-refractivity contribution < 1.29 is 9.90 Å². The molecule has 1 N–H and O–H groups in total. The second-order valence-electron chi connectivity index (χ2n) is 3.03. The highest BCUT2D eigenvalue weighted by atomic mass is 16.4. The van der Waals surface area contributed by atoms with Crippen LogP contribution in [-0.4, -0.2) is 28.2 Å². The van der Waals surface area contributed by atoms with Gasteiger partial charge in [0.15, 0.2) is 0 Å². The van der Waals surface area contributed by atoms with Crippen molar-refractivity contribution in [3.05, 3.63) is 12.2 Å². The number of hydrogen-bond acceptors (Lipinski definition) is 1. The Labute approximate surface area is 72.7 Å². The van der Waals surface area contributed by atoms with E-state index in [1.54, 1.807) is 0 Å². The van der Waals surface area contributed by atoms with Crippen molar-refractivity contribution in [3.63, 3.8) is 0 Å². The Hall–Kier alpha value is -0.990. The molecule has 0 bridgehead atoms. The van der Waals surface area contributed by atoms with E-state index in [2.05, 4.69) is 0 Å². The molecule has 3 nitrogen and oxygen atoms in total. The molecule has 68 valence electrons.